The number of carbonyl (C=O) groups is 1. The van der Waals surface area contributed by atoms with Gasteiger partial charge in [0.1, 0.15) is 11.3 Å². The predicted molar refractivity (Wildman–Crippen MR) is 97.1 cm³/mol. The Labute approximate surface area is 152 Å². The minimum atomic E-state index is -0.729. The molecule has 2 aliphatic heterocycles. The second-order valence-corrected chi connectivity index (χ2v) is 9.19. The smallest absolute Gasteiger partial charge is 0.444 e. The Morgan fingerprint density at radius 2 is 1.64 bits per heavy atom. The third kappa shape index (κ3) is 4.38. The molecular weight excluding hydrogens is 321 g/mol. The summed E-state index contributed by atoms with van der Waals surface area (Å²) in [4.78, 5) is 14.2. The van der Waals surface area contributed by atoms with E-state index in [0.717, 1.165) is 0 Å². The minimum absolute atomic E-state index is 0.233. The van der Waals surface area contributed by atoms with Crippen molar-refractivity contribution in [2.75, 3.05) is 6.61 Å². The van der Waals surface area contributed by atoms with E-state index in [1.54, 1.807) is 4.90 Å². The van der Waals surface area contributed by atoms with Crippen LogP contribution in [0.4, 0.5) is 4.79 Å². The van der Waals surface area contributed by atoms with E-state index in [1.807, 2.05) is 74.4 Å². The van der Waals surface area contributed by atoms with Crippen LogP contribution in [0.1, 0.15) is 62.3 Å². The Bertz CT molecular complexity index is 534. The van der Waals surface area contributed by atoms with E-state index in [1.165, 1.54) is 0 Å². The summed E-state index contributed by atoms with van der Waals surface area (Å²) in [6.07, 6.45) is 1.51. The number of hydrogen-bond donors (Lipinski definition) is 0. The van der Waals surface area contributed by atoms with Crippen LogP contribution in [0.2, 0.25) is 0 Å². The summed E-state index contributed by atoms with van der Waals surface area (Å²) >= 11 is 0. The van der Waals surface area contributed by atoms with Gasteiger partial charge in [-0.2, -0.15) is 0 Å². The summed E-state index contributed by atoms with van der Waals surface area (Å²) in [6, 6.07) is -0.233. The first-order valence-corrected chi connectivity index (χ1v) is 8.85. The van der Waals surface area contributed by atoms with Crippen LogP contribution < -0.4 is 0 Å². The second-order valence-electron chi connectivity index (χ2n) is 9.19. The molecule has 0 spiro atoms. The average molecular weight is 353 g/mol. The summed E-state index contributed by atoms with van der Waals surface area (Å²) < 4.78 is 23.3. The maximum atomic E-state index is 12.6. The topological polar surface area (TPSA) is 57.2 Å². The summed E-state index contributed by atoms with van der Waals surface area (Å²) in [5.74, 6) is 1.85. The Hall–Kier alpha value is -1.05. The molecule has 142 valence electrons. The lowest BCUT2D eigenvalue weighted by Gasteiger charge is -2.34. The molecule has 2 fully saturated rings. The molecule has 2 heterocycles. The number of carbonyl (C=O) groups excluding carboxylic acids is 1. The van der Waals surface area contributed by atoms with Crippen LogP contribution in [0, 0.1) is 0 Å². The molecular formula is C18H32BNO5. The molecule has 6 nitrogen and oxygen atoms in total. The Morgan fingerprint density at radius 1 is 1.12 bits per heavy atom. The van der Waals surface area contributed by atoms with Crippen molar-refractivity contribution in [1.29, 1.82) is 0 Å². The van der Waals surface area contributed by atoms with E-state index < -0.39 is 35.7 Å². The quantitative estimate of drug-likeness (QED) is 0.711. The van der Waals surface area contributed by atoms with Crippen LogP contribution >= 0.6 is 0 Å². The van der Waals surface area contributed by atoms with Crippen LogP contribution in [-0.2, 0) is 18.8 Å². The lowest BCUT2D eigenvalue weighted by molar-refractivity contribution is -0.0610. The first-order chi connectivity index (χ1) is 11.1. The number of ether oxygens (including phenoxy) is 2. The maximum Gasteiger partial charge on any atom is 0.486 e. The zero-order valence-corrected chi connectivity index (χ0v) is 17.0. The van der Waals surface area contributed by atoms with Gasteiger partial charge in [-0.15, -0.1) is 0 Å². The largest absolute Gasteiger partial charge is 0.486 e. The molecule has 25 heavy (non-hydrogen) atoms. The van der Waals surface area contributed by atoms with Crippen molar-refractivity contribution in [3.63, 3.8) is 0 Å². The standard InChI is InChI=1S/C18H32BNO5/c1-15(2,3)23-14(21)20-13(12-22-18(20,8)9)10-11-19-24-16(4,5)17(6,7)25-19/h10-11,13H,12H2,1-9H3/b11-10+/t13-/m1/s1. The van der Waals surface area contributed by atoms with Crippen molar-refractivity contribution < 1.29 is 23.6 Å². The highest BCUT2D eigenvalue weighted by atomic mass is 16.7. The zero-order valence-electron chi connectivity index (χ0n) is 17.0. The molecule has 0 bridgehead atoms. The van der Waals surface area contributed by atoms with Gasteiger partial charge in [0.25, 0.3) is 0 Å². The molecule has 2 saturated heterocycles. The van der Waals surface area contributed by atoms with Crippen LogP contribution in [0.15, 0.2) is 12.1 Å². The molecule has 2 rings (SSSR count). The van der Waals surface area contributed by atoms with Gasteiger partial charge < -0.3 is 18.8 Å². The highest BCUT2D eigenvalue weighted by Gasteiger charge is 2.50. The van der Waals surface area contributed by atoms with Gasteiger partial charge in [-0.05, 0) is 62.3 Å². The van der Waals surface area contributed by atoms with E-state index in [-0.39, 0.29) is 6.04 Å². The molecule has 0 aliphatic carbocycles. The summed E-state index contributed by atoms with van der Waals surface area (Å²) in [5.41, 5.74) is -2.07. The fourth-order valence-electron chi connectivity index (χ4n) is 2.83. The first-order valence-electron chi connectivity index (χ1n) is 8.85. The monoisotopic (exact) mass is 353 g/mol. The number of rotatable bonds is 2. The number of nitrogens with zero attached hydrogens (tertiary/aromatic N) is 1. The van der Waals surface area contributed by atoms with Gasteiger partial charge in [-0.25, -0.2) is 4.79 Å². The minimum Gasteiger partial charge on any atom is -0.444 e. The highest BCUT2D eigenvalue weighted by Crippen LogP contribution is 2.37. The normalized spacial score (nSPS) is 28.0. The molecule has 7 heteroatoms. The van der Waals surface area contributed by atoms with Crippen molar-refractivity contribution in [2.45, 2.75) is 90.9 Å². The van der Waals surface area contributed by atoms with Crippen LogP contribution in [0.25, 0.3) is 0 Å². The van der Waals surface area contributed by atoms with Gasteiger partial charge in [-0.1, -0.05) is 12.1 Å². The van der Waals surface area contributed by atoms with Crippen molar-refractivity contribution in [1.82, 2.24) is 4.90 Å². The maximum absolute atomic E-state index is 12.6. The Morgan fingerprint density at radius 3 is 2.12 bits per heavy atom. The third-order valence-corrected chi connectivity index (χ3v) is 4.87. The highest BCUT2D eigenvalue weighted by molar-refractivity contribution is 6.51. The Kier molecular flexibility index (Phi) is 5.10. The fraction of sp³-hybridized carbons (Fsp3) is 0.833. The predicted octanol–water partition coefficient (Wildman–Crippen LogP) is 3.55. The molecule has 0 aromatic rings. The molecule has 0 N–H and O–H groups in total. The van der Waals surface area contributed by atoms with Gasteiger partial charge in [0.15, 0.2) is 0 Å². The first kappa shape index (κ1) is 20.3. The fourth-order valence-corrected chi connectivity index (χ4v) is 2.83. The zero-order chi connectivity index (χ0) is 19.3. The molecule has 0 saturated carbocycles. The average Bonchev–Trinajstić information content (AvgIpc) is 2.78. The van der Waals surface area contributed by atoms with Crippen LogP contribution in [-0.4, -0.2) is 53.3 Å². The molecule has 1 amide bonds. The number of hydrogen-bond acceptors (Lipinski definition) is 5. The summed E-state index contributed by atoms with van der Waals surface area (Å²) in [7, 11) is -0.450. The SMILES string of the molecule is CC(C)(C)OC(=O)N1[C@H](/C=C/B2OC(C)(C)C(C)(C)O2)COC1(C)C. The van der Waals surface area contributed by atoms with Crippen molar-refractivity contribution in [3.8, 4) is 0 Å². The molecule has 0 aromatic carbocycles. The van der Waals surface area contributed by atoms with Gasteiger partial charge in [0.2, 0.25) is 0 Å². The van der Waals surface area contributed by atoms with Crippen LogP contribution in [0.5, 0.6) is 0 Å². The van der Waals surface area contributed by atoms with Crippen molar-refractivity contribution >= 4 is 13.2 Å². The lowest BCUT2D eigenvalue weighted by Crippen LogP contribution is -2.49. The molecule has 0 unspecified atom stereocenters. The molecule has 1 atom stereocenters. The van der Waals surface area contributed by atoms with E-state index in [9.17, 15) is 4.79 Å². The van der Waals surface area contributed by atoms with Gasteiger partial charge in [-0.3, -0.25) is 4.90 Å². The summed E-state index contributed by atoms with van der Waals surface area (Å²) in [5, 5.41) is 0. The molecule has 0 radical (unpaired) electrons. The lowest BCUT2D eigenvalue weighted by atomic mass is 9.89. The van der Waals surface area contributed by atoms with E-state index >= 15 is 0 Å². The van der Waals surface area contributed by atoms with E-state index in [0.29, 0.717) is 6.61 Å². The van der Waals surface area contributed by atoms with Crippen molar-refractivity contribution in [3.05, 3.63) is 12.1 Å². The summed E-state index contributed by atoms with van der Waals surface area (Å²) in [6.45, 7) is 17.7. The van der Waals surface area contributed by atoms with E-state index in [2.05, 4.69) is 0 Å². The molecule has 0 aromatic heterocycles. The van der Waals surface area contributed by atoms with Gasteiger partial charge in [0.05, 0.1) is 23.9 Å². The van der Waals surface area contributed by atoms with Crippen molar-refractivity contribution in [2.24, 2.45) is 0 Å². The van der Waals surface area contributed by atoms with E-state index in [4.69, 9.17) is 18.8 Å². The van der Waals surface area contributed by atoms with Gasteiger partial charge in [0, 0.05) is 0 Å². The Balaban J connectivity index is 2.11. The third-order valence-electron chi connectivity index (χ3n) is 4.87. The van der Waals surface area contributed by atoms with Gasteiger partial charge >= 0.3 is 13.2 Å². The number of amides is 1. The van der Waals surface area contributed by atoms with Crippen LogP contribution in [0.3, 0.4) is 0 Å². The second kappa shape index (κ2) is 6.29. The molecule has 2 aliphatic rings.